The number of aryl methyl sites for hydroxylation is 1. The number of hydrogen-bond acceptors (Lipinski definition) is 3. The molecule has 0 saturated carbocycles. The van der Waals surface area contributed by atoms with Gasteiger partial charge in [-0.15, -0.1) is 0 Å². The van der Waals surface area contributed by atoms with E-state index in [-0.39, 0.29) is 11.1 Å². The van der Waals surface area contributed by atoms with E-state index in [2.05, 4.69) is 57.5 Å². The monoisotopic (exact) mass is 514 g/mol. The zero-order chi connectivity index (χ0) is 20.5. The van der Waals surface area contributed by atoms with Gasteiger partial charge >= 0.3 is 0 Å². The number of nitrogens with zero attached hydrogens (tertiary/aromatic N) is 2. The normalized spacial score (nSPS) is 15.6. The van der Waals surface area contributed by atoms with Gasteiger partial charge in [0.1, 0.15) is 0 Å². The molecule has 0 atom stereocenters. The van der Waals surface area contributed by atoms with Crippen LogP contribution in [0.3, 0.4) is 0 Å². The highest BCUT2D eigenvalue weighted by Crippen LogP contribution is 2.34. The van der Waals surface area contributed by atoms with E-state index in [1.54, 1.807) is 0 Å². The summed E-state index contributed by atoms with van der Waals surface area (Å²) in [4.78, 5) is 27.0. The fourth-order valence-electron chi connectivity index (χ4n) is 3.46. The van der Waals surface area contributed by atoms with Gasteiger partial charge in [-0.05, 0) is 95.7 Å². The van der Waals surface area contributed by atoms with Gasteiger partial charge in [-0.1, -0.05) is 30.3 Å². The molecule has 0 N–H and O–H groups in total. The Hall–Kier alpha value is -2.32. The number of hydrogen-bond donors (Lipinski definition) is 0. The van der Waals surface area contributed by atoms with Crippen molar-refractivity contribution in [1.29, 1.82) is 0 Å². The average Bonchev–Trinajstić information content (AvgIpc) is 3.13. The first-order valence-corrected chi connectivity index (χ1v) is 11.1. The van der Waals surface area contributed by atoms with Crippen LogP contribution < -0.4 is 0 Å². The molecule has 2 aromatic carbocycles. The molecule has 3 aromatic rings. The van der Waals surface area contributed by atoms with Crippen LogP contribution in [-0.4, -0.2) is 20.6 Å². The van der Waals surface area contributed by atoms with Gasteiger partial charge in [-0.3, -0.25) is 14.5 Å². The average molecular weight is 514 g/mol. The molecular formula is C23H19IN2O2S. The number of amides is 2. The van der Waals surface area contributed by atoms with Crippen LogP contribution in [0.5, 0.6) is 0 Å². The van der Waals surface area contributed by atoms with Crippen LogP contribution in [0.1, 0.15) is 22.5 Å². The fourth-order valence-corrected chi connectivity index (χ4v) is 4.65. The molecule has 1 aromatic heterocycles. The molecule has 29 heavy (non-hydrogen) atoms. The van der Waals surface area contributed by atoms with Gasteiger partial charge in [0.2, 0.25) is 0 Å². The van der Waals surface area contributed by atoms with Crippen LogP contribution in [0, 0.1) is 17.4 Å². The predicted octanol–water partition coefficient (Wildman–Crippen LogP) is 5.94. The molecule has 0 spiro atoms. The summed E-state index contributed by atoms with van der Waals surface area (Å²) in [5.74, 6) is -0.233. The van der Waals surface area contributed by atoms with E-state index >= 15 is 0 Å². The summed E-state index contributed by atoms with van der Waals surface area (Å²) in [5.41, 5.74) is 5.09. The van der Waals surface area contributed by atoms with Crippen molar-refractivity contribution in [3.05, 3.63) is 91.7 Å². The van der Waals surface area contributed by atoms with Crippen molar-refractivity contribution in [2.45, 2.75) is 20.4 Å². The van der Waals surface area contributed by atoms with Gasteiger partial charge < -0.3 is 4.57 Å². The smallest absolute Gasteiger partial charge is 0.293 e. The minimum absolute atomic E-state index is 0.225. The Balaban J connectivity index is 1.63. The van der Waals surface area contributed by atoms with Crippen molar-refractivity contribution in [2.75, 3.05) is 0 Å². The van der Waals surface area contributed by atoms with Crippen LogP contribution in [0.15, 0.2) is 65.6 Å². The Labute approximate surface area is 187 Å². The number of aromatic nitrogens is 1. The summed E-state index contributed by atoms with van der Waals surface area (Å²) in [7, 11) is 0. The summed E-state index contributed by atoms with van der Waals surface area (Å²) < 4.78 is 3.34. The second-order valence-corrected chi connectivity index (χ2v) is 9.13. The second-order valence-electron chi connectivity index (χ2n) is 6.89. The molecule has 4 rings (SSSR count). The number of carbonyl (C=O) groups excluding carboxylic acids is 2. The lowest BCUT2D eigenvalue weighted by molar-refractivity contribution is -0.123. The second kappa shape index (κ2) is 8.20. The molecule has 1 fully saturated rings. The molecule has 0 bridgehead atoms. The van der Waals surface area contributed by atoms with Crippen molar-refractivity contribution >= 4 is 51.6 Å². The van der Waals surface area contributed by atoms with Crippen LogP contribution in [0.25, 0.3) is 11.8 Å². The highest BCUT2D eigenvalue weighted by molar-refractivity contribution is 14.1. The van der Waals surface area contributed by atoms with Crippen LogP contribution >= 0.6 is 34.4 Å². The van der Waals surface area contributed by atoms with E-state index in [0.29, 0.717) is 11.4 Å². The summed E-state index contributed by atoms with van der Waals surface area (Å²) in [6, 6.07) is 19.9. The topological polar surface area (TPSA) is 42.3 Å². The summed E-state index contributed by atoms with van der Waals surface area (Å²) in [6.45, 7) is 4.37. The highest BCUT2D eigenvalue weighted by atomic mass is 127. The summed E-state index contributed by atoms with van der Waals surface area (Å²) in [5, 5.41) is -0.225. The maximum Gasteiger partial charge on any atom is 0.293 e. The van der Waals surface area contributed by atoms with Crippen LogP contribution in [0.2, 0.25) is 0 Å². The number of rotatable bonds is 4. The van der Waals surface area contributed by atoms with E-state index in [1.807, 2.05) is 50.3 Å². The number of imide groups is 1. The maximum atomic E-state index is 12.8. The molecular weight excluding hydrogens is 495 g/mol. The third-order valence-electron chi connectivity index (χ3n) is 4.90. The summed E-state index contributed by atoms with van der Waals surface area (Å²) in [6.07, 6.45) is 1.83. The van der Waals surface area contributed by atoms with E-state index in [1.165, 1.54) is 8.47 Å². The molecule has 1 aliphatic rings. The third kappa shape index (κ3) is 4.04. The number of carbonyl (C=O) groups is 2. The zero-order valence-electron chi connectivity index (χ0n) is 16.1. The molecule has 2 amide bonds. The quantitative estimate of drug-likeness (QED) is 0.320. The Morgan fingerprint density at radius 3 is 2.38 bits per heavy atom. The minimum Gasteiger partial charge on any atom is -0.318 e. The van der Waals surface area contributed by atoms with Crippen LogP contribution in [0.4, 0.5) is 4.79 Å². The molecule has 2 heterocycles. The van der Waals surface area contributed by atoms with Crippen molar-refractivity contribution in [3.8, 4) is 5.69 Å². The van der Waals surface area contributed by atoms with E-state index in [0.717, 1.165) is 40.0 Å². The highest BCUT2D eigenvalue weighted by Gasteiger charge is 2.35. The lowest BCUT2D eigenvalue weighted by Gasteiger charge is -2.12. The first-order chi connectivity index (χ1) is 13.9. The van der Waals surface area contributed by atoms with Crippen LogP contribution in [-0.2, 0) is 11.3 Å². The largest absolute Gasteiger partial charge is 0.318 e. The fraction of sp³-hybridized carbons (Fsp3) is 0.130. The molecule has 4 nitrogen and oxygen atoms in total. The molecule has 146 valence electrons. The van der Waals surface area contributed by atoms with Gasteiger partial charge in [-0.25, -0.2) is 0 Å². The Kier molecular flexibility index (Phi) is 5.65. The molecule has 6 heteroatoms. The molecule has 0 aliphatic carbocycles. The van der Waals surface area contributed by atoms with Crippen molar-refractivity contribution < 1.29 is 9.59 Å². The first-order valence-electron chi connectivity index (χ1n) is 9.18. The number of halogens is 1. The zero-order valence-corrected chi connectivity index (χ0v) is 19.0. The minimum atomic E-state index is -0.233. The molecule has 1 aliphatic heterocycles. The maximum absolute atomic E-state index is 12.8. The summed E-state index contributed by atoms with van der Waals surface area (Å²) >= 11 is 3.30. The van der Waals surface area contributed by atoms with Crippen molar-refractivity contribution in [3.63, 3.8) is 0 Å². The number of benzene rings is 2. The Morgan fingerprint density at radius 1 is 1.00 bits per heavy atom. The first kappa shape index (κ1) is 20.0. The standard InChI is InChI=1S/C23H19IN2O2S/c1-15-12-18(16(2)26(15)20-10-8-19(24)9-11-20)13-21-22(27)25(23(28)29-21)14-17-6-4-3-5-7-17/h3-13H,14H2,1-2H3/b21-13-. The van der Waals surface area contributed by atoms with Gasteiger partial charge in [0, 0.05) is 20.6 Å². The molecule has 1 saturated heterocycles. The molecule has 0 unspecified atom stereocenters. The van der Waals surface area contributed by atoms with Gasteiger partial charge in [-0.2, -0.15) is 0 Å². The number of thioether (sulfide) groups is 1. The third-order valence-corrected chi connectivity index (χ3v) is 6.53. The van der Waals surface area contributed by atoms with E-state index in [9.17, 15) is 9.59 Å². The Bertz CT molecular complexity index is 1120. The van der Waals surface area contributed by atoms with E-state index in [4.69, 9.17) is 0 Å². The lowest BCUT2D eigenvalue weighted by Crippen LogP contribution is -2.27. The van der Waals surface area contributed by atoms with Crippen molar-refractivity contribution in [1.82, 2.24) is 9.47 Å². The Morgan fingerprint density at radius 2 is 1.69 bits per heavy atom. The van der Waals surface area contributed by atoms with E-state index < -0.39 is 0 Å². The van der Waals surface area contributed by atoms with Gasteiger partial charge in [0.25, 0.3) is 11.1 Å². The van der Waals surface area contributed by atoms with Gasteiger partial charge in [0.05, 0.1) is 11.4 Å². The SMILES string of the molecule is Cc1cc(/C=C2\SC(=O)N(Cc3ccccc3)C2=O)c(C)n1-c1ccc(I)cc1. The lowest BCUT2D eigenvalue weighted by atomic mass is 10.2. The molecule has 0 radical (unpaired) electrons. The predicted molar refractivity (Wildman–Crippen MR) is 126 cm³/mol. The van der Waals surface area contributed by atoms with Gasteiger partial charge in [0.15, 0.2) is 0 Å². The van der Waals surface area contributed by atoms with Crippen molar-refractivity contribution in [2.24, 2.45) is 0 Å².